The second-order valence-electron chi connectivity index (χ2n) is 15.4. The maximum absolute atomic E-state index is 15.2. The highest BCUT2D eigenvalue weighted by molar-refractivity contribution is 6.35. The van der Waals surface area contributed by atoms with Crippen molar-refractivity contribution in [3.05, 3.63) is 91.8 Å². The highest BCUT2D eigenvalue weighted by atomic mass is 35.5. The van der Waals surface area contributed by atoms with Gasteiger partial charge in [0.15, 0.2) is 0 Å². The summed E-state index contributed by atoms with van der Waals surface area (Å²) in [6.45, 7) is 10.6. The Morgan fingerprint density at radius 3 is 2.33 bits per heavy atom. The predicted octanol–water partition coefficient (Wildman–Crippen LogP) is 8.51. The van der Waals surface area contributed by atoms with Gasteiger partial charge in [-0.1, -0.05) is 29.3 Å². The van der Waals surface area contributed by atoms with Gasteiger partial charge in [0.25, 0.3) is 5.91 Å². The minimum absolute atomic E-state index is 0.0184. The van der Waals surface area contributed by atoms with Crippen LogP contribution in [-0.4, -0.2) is 80.5 Å². The van der Waals surface area contributed by atoms with E-state index in [4.69, 9.17) is 33.0 Å². The van der Waals surface area contributed by atoms with Crippen LogP contribution in [0.1, 0.15) is 68.3 Å². The summed E-state index contributed by atoms with van der Waals surface area (Å²) in [6.07, 6.45) is 1.09. The number of benzene rings is 3. The average Bonchev–Trinajstić information content (AvgIpc) is 3.72. The number of nitrogens with one attached hydrogen (secondary N) is 1. The molecular weight excluding hydrogens is 765 g/mol. The summed E-state index contributed by atoms with van der Waals surface area (Å²) in [6, 6.07) is 12.6. The Balaban J connectivity index is 1.37. The molecule has 0 fully saturated rings. The zero-order valence-corrected chi connectivity index (χ0v) is 35.2. The molecule has 6 aromatic rings. The molecule has 0 bridgehead atoms. The average molecular weight is 813 g/mol. The minimum atomic E-state index is -1.18. The Hall–Kier alpha value is -5.30. The Labute approximate surface area is 341 Å². The summed E-state index contributed by atoms with van der Waals surface area (Å²) in [4.78, 5) is 44.4. The molecule has 3 aromatic carbocycles. The third-order valence-electron chi connectivity index (χ3n) is 10.9. The second kappa shape index (κ2) is 15.2. The van der Waals surface area contributed by atoms with E-state index < -0.39 is 5.97 Å². The number of carboxylic acid groups (broad SMARTS) is 1. The number of aromatic nitrogens is 4. The van der Waals surface area contributed by atoms with Gasteiger partial charge in [-0.15, -0.1) is 0 Å². The molecule has 7 rings (SSSR count). The van der Waals surface area contributed by atoms with Crippen molar-refractivity contribution in [1.82, 2.24) is 23.8 Å². The highest BCUT2D eigenvalue weighted by Gasteiger charge is 2.40. The Kier molecular flexibility index (Phi) is 10.7. The first-order valence-corrected chi connectivity index (χ1v) is 19.6. The third-order valence-corrected chi connectivity index (χ3v) is 11.9. The maximum Gasteiger partial charge on any atom is 0.340 e. The Morgan fingerprint density at radius 2 is 1.70 bits per heavy atom. The fourth-order valence-corrected chi connectivity index (χ4v) is 8.79. The number of aromatic carboxylic acids is 1. The van der Waals surface area contributed by atoms with Gasteiger partial charge in [0.1, 0.15) is 22.8 Å². The molecule has 298 valence electrons. The minimum Gasteiger partial charge on any atom is -0.494 e. The number of carbonyl (C=O) groups excluding carboxylic acids is 2. The predicted molar refractivity (Wildman–Crippen MR) is 227 cm³/mol. The van der Waals surface area contributed by atoms with Gasteiger partial charge in [0.05, 0.1) is 34.9 Å². The van der Waals surface area contributed by atoms with Gasteiger partial charge in [0.2, 0.25) is 5.91 Å². The van der Waals surface area contributed by atoms with Crippen molar-refractivity contribution in [2.45, 2.75) is 53.5 Å². The first-order valence-electron chi connectivity index (χ1n) is 18.9. The number of hydrogen-bond acceptors (Lipinski definition) is 6. The molecule has 57 heavy (non-hydrogen) atoms. The van der Waals surface area contributed by atoms with Crippen molar-refractivity contribution in [2.75, 3.05) is 44.0 Å². The van der Waals surface area contributed by atoms with Crippen LogP contribution in [0.5, 0.6) is 5.75 Å². The molecule has 2 amide bonds. The summed E-state index contributed by atoms with van der Waals surface area (Å²) < 4.78 is 11.9. The maximum atomic E-state index is 15.2. The van der Waals surface area contributed by atoms with Gasteiger partial charge >= 0.3 is 5.97 Å². The van der Waals surface area contributed by atoms with E-state index in [-0.39, 0.29) is 42.3 Å². The largest absolute Gasteiger partial charge is 0.494 e. The molecular formula is C43H47Cl2N7O5. The molecule has 0 spiro atoms. The molecule has 14 heteroatoms. The van der Waals surface area contributed by atoms with E-state index >= 15 is 4.79 Å². The molecule has 4 heterocycles. The number of carbonyl (C=O) groups is 3. The number of ether oxygens (including phenoxy) is 1. The number of carboxylic acids is 1. The van der Waals surface area contributed by atoms with Crippen LogP contribution in [0, 0.1) is 27.7 Å². The van der Waals surface area contributed by atoms with Crippen molar-refractivity contribution >= 4 is 74.3 Å². The molecule has 3 aromatic heterocycles. The standard InChI is InChI=1S/C43H47Cl2N7O5/c1-22-17-28(18-23(2)38(22)45)57-16-10-11-29-30-13-14-32(44)37(35-25(4)47-50(9)26(35)5)39(30)52-24(3)20-51(42(54)40(29)52)41-36(43(55)56)31-19-27(12-15-33(31)49(41)8)46-34(53)21-48(6)7/h12-15,17-19,24H,10-11,16,20-21H2,1-9H3,(H,46,53)(H,55,56)/t24-/m1/s1. The smallest absolute Gasteiger partial charge is 0.340 e. The van der Waals surface area contributed by atoms with Crippen molar-refractivity contribution in [3.8, 4) is 16.9 Å². The second-order valence-corrected chi connectivity index (χ2v) is 16.1. The van der Waals surface area contributed by atoms with E-state index in [0.29, 0.717) is 51.8 Å². The fraction of sp³-hybridized carbons (Fsp3) is 0.349. The lowest BCUT2D eigenvalue weighted by Crippen LogP contribution is -2.44. The molecule has 0 unspecified atom stereocenters. The van der Waals surface area contributed by atoms with Crippen LogP contribution in [0.15, 0.2) is 42.5 Å². The molecule has 0 saturated carbocycles. The van der Waals surface area contributed by atoms with Gasteiger partial charge in [-0.3, -0.25) is 19.2 Å². The van der Waals surface area contributed by atoms with E-state index in [2.05, 4.69) is 9.88 Å². The molecule has 2 N–H and O–H groups in total. The van der Waals surface area contributed by atoms with Crippen LogP contribution in [0.4, 0.5) is 11.5 Å². The molecule has 0 aliphatic carbocycles. The van der Waals surface area contributed by atoms with Crippen molar-refractivity contribution < 1.29 is 24.2 Å². The number of aryl methyl sites for hydroxylation is 6. The lowest BCUT2D eigenvalue weighted by molar-refractivity contribution is -0.116. The number of likely N-dealkylation sites (N-methyl/N-ethyl adjacent to an activating group) is 1. The van der Waals surface area contributed by atoms with E-state index in [1.807, 2.05) is 70.6 Å². The molecule has 0 radical (unpaired) electrons. The van der Waals surface area contributed by atoms with Crippen molar-refractivity contribution in [3.63, 3.8) is 0 Å². The SMILES string of the molecule is Cc1cc(OCCCc2c3n(c4c(-c5c(C)nn(C)c5C)c(Cl)ccc24)[C@H](C)CN(c2c(C(=O)O)c4cc(NC(=O)CN(C)C)ccc4n2C)C3=O)cc(C)c1Cl. The number of nitrogens with zero attached hydrogens (tertiary/aromatic N) is 6. The Bertz CT molecular complexity index is 2610. The van der Waals surface area contributed by atoms with Gasteiger partial charge < -0.3 is 29.2 Å². The first kappa shape index (κ1) is 39.9. The summed E-state index contributed by atoms with van der Waals surface area (Å²) in [5.74, 6) is -0.738. The van der Waals surface area contributed by atoms with Crippen LogP contribution < -0.4 is 15.0 Å². The fourth-order valence-electron chi connectivity index (χ4n) is 8.44. The summed E-state index contributed by atoms with van der Waals surface area (Å²) >= 11 is 13.5. The van der Waals surface area contributed by atoms with E-state index in [9.17, 15) is 14.7 Å². The van der Waals surface area contributed by atoms with Gasteiger partial charge in [-0.25, -0.2) is 4.79 Å². The van der Waals surface area contributed by atoms with E-state index in [1.165, 1.54) is 0 Å². The van der Waals surface area contributed by atoms with Crippen LogP contribution in [0.3, 0.4) is 0 Å². The monoisotopic (exact) mass is 811 g/mol. The van der Waals surface area contributed by atoms with Crippen LogP contribution in [-0.2, 0) is 25.3 Å². The number of hydrogen-bond donors (Lipinski definition) is 2. The molecule has 1 aliphatic heterocycles. The molecule has 1 aliphatic rings. The van der Waals surface area contributed by atoms with Crippen molar-refractivity contribution in [2.24, 2.45) is 14.1 Å². The zero-order chi connectivity index (χ0) is 41.2. The van der Waals surface area contributed by atoms with Gasteiger partial charge in [-0.05, 0) is 115 Å². The summed E-state index contributed by atoms with van der Waals surface area (Å²) in [5.41, 5.74) is 8.55. The summed E-state index contributed by atoms with van der Waals surface area (Å²) in [5, 5.41) is 20.9. The zero-order valence-electron chi connectivity index (χ0n) is 33.7. The number of anilines is 2. The lowest BCUT2D eigenvalue weighted by atomic mass is 9.98. The van der Waals surface area contributed by atoms with Crippen LogP contribution >= 0.6 is 23.2 Å². The number of rotatable bonds is 11. The van der Waals surface area contributed by atoms with Crippen LogP contribution in [0.25, 0.3) is 32.9 Å². The first-order chi connectivity index (χ1) is 27.0. The van der Waals surface area contributed by atoms with Gasteiger partial charge in [-0.2, -0.15) is 5.10 Å². The van der Waals surface area contributed by atoms with Gasteiger partial charge in [0, 0.05) is 65.0 Å². The number of halogens is 2. The third kappa shape index (κ3) is 6.93. The number of amides is 2. The number of fused-ring (bicyclic) bond motifs is 4. The van der Waals surface area contributed by atoms with Crippen molar-refractivity contribution in [1.29, 1.82) is 0 Å². The quantitative estimate of drug-likeness (QED) is 0.126. The molecule has 12 nitrogen and oxygen atoms in total. The van der Waals surface area contributed by atoms with E-state index in [0.717, 1.165) is 55.9 Å². The Morgan fingerprint density at radius 1 is 1.00 bits per heavy atom. The highest BCUT2D eigenvalue weighted by Crippen LogP contribution is 2.46. The normalized spacial score (nSPS) is 14.3. The topological polar surface area (TPSA) is 127 Å². The van der Waals surface area contributed by atoms with Crippen LogP contribution in [0.2, 0.25) is 10.0 Å². The molecule has 1 atom stereocenters. The molecule has 0 saturated heterocycles. The summed E-state index contributed by atoms with van der Waals surface area (Å²) in [7, 11) is 7.25. The lowest BCUT2D eigenvalue weighted by Gasteiger charge is -2.34. The van der Waals surface area contributed by atoms with E-state index in [1.54, 1.807) is 53.7 Å².